The van der Waals surface area contributed by atoms with Crippen molar-refractivity contribution in [1.29, 1.82) is 0 Å². The van der Waals surface area contributed by atoms with E-state index in [1.54, 1.807) is 0 Å². The molecule has 0 aromatic carbocycles. The molecule has 0 radical (unpaired) electrons. The molecule has 0 atom stereocenters. The van der Waals surface area contributed by atoms with Crippen LogP contribution < -0.4 is 5.32 Å². The van der Waals surface area contributed by atoms with Crippen LogP contribution in [0.3, 0.4) is 0 Å². The standard InChI is InChI=1S/C14H26N2S2/c1-12(2)9-15-10-13-5-6-14(18-13)11-16(3)7-8-17-4/h5-6,12,15H,7-11H2,1-4H3. The Balaban J connectivity index is 2.29. The average molecular weight is 287 g/mol. The number of hydrogen-bond donors (Lipinski definition) is 1. The number of nitrogens with zero attached hydrogens (tertiary/aromatic N) is 1. The second-order valence-corrected chi connectivity index (χ2v) is 7.36. The molecule has 4 heteroatoms. The largest absolute Gasteiger partial charge is 0.312 e. The van der Waals surface area contributed by atoms with E-state index in [2.05, 4.69) is 49.5 Å². The number of thiophene rings is 1. The lowest BCUT2D eigenvalue weighted by molar-refractivity contribution is 0.352. The topological polar surface area (TPSA) is 15.3 Å². The summed E-state index contributed by atoms with van der Waals surface area (Å²) in [6.45, 7) is 8.84. The van der Waals surface area contributed by atoms with Crippen molar-refractivity contribution in [2.45, 2.75) is 26.9 Å². The summed E-state index contributed by atoms with van der Waals surface area (Å²) >= 11 is 3.85. The molecule has 0 fully saturated rings. The van der Waals surface area contributed by atoms with Gasteiger partial charge in [0.05, 0.1) is 0 Å². The van der Waals surface area contributed by atoms with Gasteiger partial charge in [-0.1, -0.05) is 13.8 Å². The Labute approximate surface area is 120 Å². The van der Waals surface area contributed by atoms with Gasteiger partial charge in [0.2, 0.25) is 0 Å². The quantitative estimate of drug-likeness (QED) is 0.750. The van der Waals surface area contributed by atoms with Crippen LogP contribution in [0.1, 0.15) is 23.6 Å². The molecule has 0 aliphatic heterocycles. The molecule has 2 nitrogen and oxygen atoms in total. The van der Waals surface area contributed by atoms with Crippen molar-refractivity contribution in [3.05, 3.63) is 21.9 Å². The molecular formula is C14H26N2S2. The summed E-state index contributed by atoms with van der Waals surface area (Å²) in [5, 5.41) is 3.50. The van der Waals surface area contributed by atoms with Crippen molar-refractivity contribution in [3.8, 4) is 0 Å². The van der Waals surface area contributed by atoms with Gasteiger partial charge in [-0.25, -0.2) is 0 Å². The van der Waals surface area contributed by atoms with Gasteiger partial charge < -0.3 is 10.2 Å². The van der Waals surface area contributed by atoms with Gasteiger partial charge >= 0.3 is 0 Å². The van der Waals surface area contributed by atoms with Crippen LogP contribution in [0.15, 0.2) is 12.1 Å². The van der Waals surface area contributed by atoms with Gasteiger partial charge in [0.25, 0.3) is 0 Å². The van der Waals surface area contributed by atoms with E-state index in [0.29, 0.717) is 0 Å². The zero-order valence-corrected chi connectivity index (χ0v) is 13.7. The van der Waals surface area contributed by atoms with Gasteiger partial charge in [-0.05, 0) is 37.9 Å². The van der Waals surface area contributed by atoms with Crippen molar-refractivity contribution in [2.24, 2.45) is 5.92 Å². The minimum absolute atomic E-state index is 0.724. The van der Waals surface area contributed by atoms with E-state index in [1.807, 2.05) is 23.1 Å². The second kappa shape index (κ2) is 8.97. The van der Waals surface area contributed by atoms with E-state index in [9.17, 15) is 0 Å². The zero-order chi connectivity index (χ0) is 13.4. The maximum atomic E-state index is 3.50. The highest BCUT2D eigenvalue weighted by molar-refractivity contribution is 7.98. The Morgan fingerprint density at radius 3 is 2.72 bits per heavy atom. The van der Waals surface area contributed by atoms with Crippen LogP contribution >= 0.6 is 23.1 Å². The molecule has 0 bridgehead atoms. The highest BCUT2D eigenvalue weighted by Crippen LogP contribution is 2.18. The van der Waals surface area contributed by atoms with Gasteiger partial charge in [-0.3, -0.25) is 0 Å². The minimum atomic E-state index is 0.724. The van der Waals surface area contributed by atoms with Crippen molar-refractivity contribution < 1.29 is 0 Å². The van der Waals surface area contributed by atoms with E-state index in [1.165, 1.54) is 22.1 Å². The van der Waals surface area contributed by atoms with Crippen LogP contribution in [-0.4, -0.2) is 37.0 Å². The van der Waals surface area contributed by atoms with Gasteiger partial charge in [0.15, 0.2) is 0 Å². The molecule has 0 unspecified atom stereocenters. The zero-order valence-electron chi connectivity index (χ0n) is 12.0. The first kappa shape index (κ1) is 16.0. The molecular weight excluding hydrogens is 260 g/mol. The third kappa shape index (κ3) is 6.78. The molecule has 1 N–H and O–H groups in total. The van der Waals surface area contributed by atoms with Gasteiger partial charge in [0, 0.05) is 35.1 Å². The minimum Gasteiger partial charge on any atom is -0.312 e. The normalized spacial score (nSPS) is 11.7. The molecule has 0 saturated carbocycles. The second-order valence-electron chi connectivity index (χ2n) is 5.12. The summed E-state index contributed by atoms with van der Waals surface area (Å²) in [6, 6.07) is 4.53. The van der Waals surface area contributed by atoms with Gasteiger partial charge in [0.1, 0.15) is 0 Å². The van der Waals surface area contributed by atoms with E-state index >= 15 is 0 Å². The maximum Gasteiger partial charge on any atom is 0.0325 e. The third-order valence-electron chi connectivity index (χ3n) is 2.67. The number of nitrogens with one attached hydrogen (secondary N) is 1. The Morgan fingerprint density at radius 2 is 2.06 bits per heavy atom. The maximum absolute atomic E-state index is 3.50. The van der Waals surface area contributed by atoms with Crippen LogP contribution in [0.5, 0.6) is 0 Å². The van der Waals surface area contributed by atoms with Crippen LogP contribution in [0, 0.1) is 5.92 Å². The van der Waals surface area contributed by atoms with Crippen LogP contribution in [0.2, 0.25) is 0 Å². The lowest BCUT2D eigenvalue weighted by atomic mass is 10.2. The molecule has 1 aromatic heterocycles. The summed E-state index contributed by atoms with van der Waals surface area (Å²) in [7, 11) is 2.20. The molecule has 0 saturated heterocycles. The summed E-state index contributed by atoms with van der Waals surface area (Å²) in [6.07, 6.45) is 2.16. The predicted octanol–water partition coefficient (Wildman–Crippen LogP) is 3.29. The number of thioether (sulfide) groups is 1. The van der Waals surface area contributed by atoms with E-state index < -0.39 is 0 Å². The lowest BCUT2D eigenvalue weighted by Gasteiger charge is -2.14. The first-order valence-electron chi connectivity index (χ1n) is 6.57. The third-order valence-corrected chi connectivity index (χ3v) is 4.33. The SMILES string of the molecule is CSCCN(C)Cc1ccc(CNCC(C)C)s1. The van der Waals surface area contributed by atoms with Gasteiger partial charge in [-0.2, -0.15) is 11.8 Å². The van der Waals surface area contributed by atoms with Gasteiger partial charge in [-0.15, -0.1) is 11.3 Å². The van der Waals surface area contributed by atoms with Crippen molar-refractivity contribution >= 4 is 23.1 Å². The van der Waals surface area contributed by atoms with Crippen LogP contribution in [-0.2, 0) is 13.1 Å². The summed E-state index contributed by atoms with van der Waals surface area (Å²) < 4.78 is 0. The fourth-order valence-corrected chi connectivity index (χ4v) is 3.24. The van der Waals surface area contributed by atoms with Crippen molar-refractivity contribution in [1.82, 2.24) is 10.2 Å². The first-order chi connectivity index (χ1) is 8.61. The first-order valence-corrected chi connectivity index (χ1v) is 8.78. The molecule has 0 spiro atoms. The van der Waals surface area contributed by atoms with Crippen molar-refractivity contribution in [3.63, 3.8) is 0 Å². The molecule has 18 heavy (non-hydrogen) atoms. The van der Waals surface area contributed by atoms with Crippen LogP contribution in [0.25, 0.3) is 0 Å². The molecule has 1 rings (SSSR count). The van der Waals surface area contributed by atoms with E-state index in [4.69, 9.17) is 0 Å². The number of hydrogen-bond acceptors (Lipinski definition) is 4. The molecule has 1 aromatic rings. The Morgan fingerprint density at radius 1 is 1.33 bits per heavy atom. The molecule has 0 aliphatic carbocycles. The fourth-order valence-electron chi connectivity index (χ4n) is 1.68. The molecule has 0 amide bonds. The van der Waals surface area contributed by atoms with Crippen LogP contribution in [0.4, 0.5) is 0 Å². The smallest absolute Gasteiger partial charge is 0.0325 e. The van der Waals surface area contributed by atoms with Crippen molar-refractivity contribution in [2.75, 3.05) is 32.1 Å². The number of rotatable bonds is 9. The summed E-state index contributed by atoms with van der Waals surface area (Å²) in [4.78, 5) is 5.32. The average Bonchev–Trinajstić information content (AvgIpc) is 2.73. The lowest BCUT2D eigenvalue weighted by Crippen LogP contribution is -2.20. The molecule has 104 valence electrons. The highest BCUT2D eigenvalue weighted by atomic mass is 32.2. The van der Waals surface area contributed by atoms with E-state index in [0.717, 1.165) is 25.6 Å². The fraction of sp³-hybridized carbons (Fsp3) is 0.714. The Hall–Kier alpha value is -0.0300. The van der Waals surface area contributed by atoms with E-state index in [-0.39, 0.29) is 0 Å². The Bertz CT molecular complexity index is 323. The summed E-state index contributed by atoms with van der Waals surface area (Å²) in [5.74, 6) is 1.94. The monoisotopic (exact) mass is 286 g/mol. The Kier molecular flexibility index (Phi) is 7.98. The molecule has 0 aliphatic rings. The predicted molar refractivity (Wildman–Crippen MR) is 85.6 cm³/mol. The molecule has 1 heterocycles. The summed E-state index contributed by atoms with van der Waals surface area (Å²) in [5.41, 5.74) is 0. The highest BCUT2D eigenvalue weighted by Gasteiger charge is 2.04.